The van der Waals surface area contributed by atoms with Crippen molar-refractivity contribution < 1.29 is 26.4 Å². The number of benzene rings is 2. The Morgan fingerprint density at radius 3 is 2.63 bits per heavy atom. The van der Waals surface area contributed by atoms with E-state index in [4.69, 9.17) is 4.42 Å². The predicted molar refractivity (Wildman–Crippen MR) is 91.8 cm³/mol. The smallest absolute Gasteiger partial charge is 0.322 e. The number of hydrogen-bond donors (Lipinski definition) is 1. The predicted octanol–water partition coefficient (Wildman–Crippen LogP) is 3.06. The molecule has 7 nitrogen and oxygen atoms in total. The summed E-state index contributed by atoms with van der Waals surface area (Å²) in [5.41, 5.74) is -0.0577. The molecule has 140 valence electrons. The van der Waals surface area contributed by atoms with Gasteiger partial charge in [0.1, 0.15) is 11.6 Å². The minimum absolute atomic E-state index is 0.0113. The molecule has 1 amide bonds. The normalized spacial score (nSPS) is 11.4. The molecule has 1 N–H and O–H groups in total. The summed E-state index contributed by atoms with van der Waals surface area (Å²) < 4.78 is 55.7. The molecular weight excluding hydrogens is 380 g/mol. The first-order valence-electron chi connectivity index (χ1n) is 7.73. The minimum atomic E-state index is -3.47. The maximum atomic E-state index is 13.8. The van der Waals surface area contributed by atoms with Crippen molar-refractivity contribution in [2.75, 3.05) is 11.1 Å². The fourth-order valence-electron chi connectivity index (χ4n) is 2.21. The van der Waals surface area contributed by atoms with Crippen molar-refractivity contribution in [1.29, 1.82) is 0 Å². The molecule has 2 aromatic carbocycles. The zero-order valence-electron chi connectivity index (χ0n) is 13.9. The van der Waals surface area contributed by atoms with Crippen LogP contribution in [0, 0.1) is 11.6 Å². The first-order valence-corrected chi connectivity index (χ1v) is 9.38. The SMILES string of the molecule is CCS(=O)(=O)c1cccc(C(=O)Nc2nnc(-c3ccc(F)cc3F)o2)c1. The topological polar surface area (TPSA) is 102 Å². The number of amides is 1. The minimum Gasteiger partial charge on any atom is -0.403 e. The number of sulfone groups is 1. The van der Waals surface area contributed by atoms with Crippen molar-refractivity contribution in [3.05, 3.63) is 59.7 Å². The number of rotatable bonds is 5. The van der Waals surface area contributed by atoms with Gasteiger partial charge in [-0.25, -0.2) is 17.2 Å². The van der Waals surface area contributed by atoms with Crippen LogP contribution in [0.25, 0.3) is 11.5 Å². The molecule has 1 aromatic heterocycles. The van der Waals surface area contributed by atoms with Crippen molar-refractivity contribution in [1.82, 2.24) is 10.2 Å². The van der Waals surface area contributed by atoms with Gasteiger partial charge in [0.05, 0.1) is 16.2 Å². The summed E-state index contributed by atoms with van der Waals surface area (Å²) in [6.07, 6.45) is 0. The van der Waals surface area contributed by atoms with E-state index in [1.807, 2.05) is 0 Å². The van der Waals surface area contributed by atoms with Gasteiger partial charge in [0.2, 0.25) is 0 Å². The van der Waals surface area contributed by atoms with E-state index in [0.29, 0.717) is 6.07 Å². The zero-order valence-corrected chi connectivity index (χ0v) is 14.8. The summed E-state index contributed by atoms with van der Waals surface area (Å²) in [4.78, 5) is 12.3. The molecule has 0 saturated carbocycles. The van der Waals surface area contributed by atoms with E-state index in [-0.39, 0.29) is 33.7 Å². The van der Waals surface area contributed by atoms with Crippen molar-refractivity contribution in [3.63, 3.8) is 0 Å². The van der Waals surface area contributed by atoms with Crippen LogP contribution in [0.2, 0.25) is 0 Å². The first kappa shape index (κ1) is 18.6. The van der Waals surface area contributed by atoms with Gasteiger partial charge in [-0.2, -0.15) is 0 Å². The number of nitrogens with one attached hydrogen (secondary N) is 1. The van der Waals surface area contributed by atoms with Crippen LogP contribution in [-0.4, -0.2) is 30.3 Å². The van der Waals surface area contributed by atoms with Crippen LogP contribution in [0.15, 0.2) is 51.8 Å². The van der Waals surface area contributed by atoms with Crippen LogP contribution in [0.5, 0.6) is 0 Å². The lowest BCUT2D eigenvalue weighted by Gasteiger charge is -2.04. The van der Waals surface area contributed by atoms with E-state index in [0.717, 1.165) is 12.1 Å². The summed E-state index contributed by atoms with van der Waals surface area (Å²) in [7, 11) is -3.47. The van der Waals surface area contributed by atoms with Gasteiger partial charge in [0, 0.05) is 11.6 Å². The number of halogens is 2. The van der Waals surface area contributed by atoms with Crippen molar-refractivity contribution in [2.24, 2.45) is 0 Å². The van der Waals surface area contributed by atoms with Gasteiger partial charge in [-0.3, -0.25) is 10.1 Å². The molecule has 0 unspecified atom stereocenters. The highest BCUT2D eigenvalue weighted by Gasteiger charge is 2.18. The van der Waals surface area contributed by atoms with Crippen molar-refractivity contribution in [3.8, 4) is 11.5 Å². The second-order valence-corrected chi connectivity index (χ2v) is 7.70. The quantitative estimate of drug-likeness (QED) is 0.715. The largest absolute Gasteiger partial charge is 0.403 e. The fourth-order valence-corrected chi connectivity index (χ4v) is 3.14. The molecule has 27 heavy (non-hydrogen) atoms. The van der Waals surface area contributed by atoms with E-state index in [1.165, 1.54) is 31.2 Å². The van der Waals surface area contributed by atoms with Crippen molar-refractivity contribution >= 4 is 21.8 Å². The Hall–Kier alpha value is -3.14. The average Bonchev–Trinajstić information content (AvgIpc) is 3.10. The molecule has 0 saturated heterocycles. The van der Waals surface area contributed by atoms with E-state index in [1.54, 1.807) is 0 Å². The van der Waals surface area contributed by atoms with Gasteiger partial charge in [0.25, 0.3) is 11.8 Å². The summed E-state index contributed by atoms with van der Waals surface area (Å²) in [6.45, 7) is 1.50. The molecule has 0 bridgehead atoms. The fraction of sp³-hybridized carbons (Fsp3) is 0.118. The molecule has 10 heteroatoms. The maximum absolute atomic E-state index is 13.8. The van der Waals surface area contributed by atoms with E-state index in [2.05, 4.69) is 15.5 Å². The third-order valence-electron chi connectivity index (χ3n) is 3.64. The molecule has 0 radical (unpaired) electrons. The Labute approximate surface area is 153 Å². The highest BCUT2D eigenvalue weighted by Crippen LogP contribution is 2.24. The summed E-state index contributed by atoms with van der Waals surface area (Å²) in [5, 5.41) is 9.49. The molecule has 0 fully saturated rings. The van der Waals surface area contributed by atoms with Gasteiger partial charge in [-0.15, -0.1) is 5.10 Å². The number of aromatic nitrogens is 2. The third kappa shape index (κ3) is 4.00. The van der Waals surface area contributed by atoms with Gasteiger partial charge >= 0.3 is 6.01 Å². The summed E-state index contributed by atoms with van der Waals surface area (Å²) in [6, 6.07) is 7.97. The lowest BCUT2D eigenvalue weighted by molar-refractivity contribution is 0.102. The lowest BCUT2D eigenvalue weighted by Crippen LogP contribution is -2.13. The summed E-state index contributed by atoms with van der Waals surface area (Å²) in [5.74, 6) is -2.68. The Balaban J connectivity index is 1.82. The molecule has 1 heterocycles. The van der Waals surface area contributed by atoms with Crippen LogP contribution >= 0.6 is 0 Å². The standard InChI is InChI=1S/C17H13F2N3O4S/c1-2-27(24,25)12-5-3-4-10(8-12)15(23)20-17-22-21-16(26-17)13-7-6-11(18)9-14(13)19/h3-9H,2H2,1H3,(H,20,22,23). The van der Waals surface area contributed by atoms with Crippen LogP contribution in [0.4, 0.5) is 14.8 Å². The van der Waals surface area contributed by atoms with E-state index < -0.39 is 27.4 Å². The molecule has 0 aliphatic rings. The first-order chi connectivity index (χ1) is 12.8. The second-order valence-electron chi connectivity index (χ2n) is 5.42. The Bertz CT molecular complexity index is 1110. The molecule has 3 aromatic rings. The number of anilines is 1. The van der Waals surface area contributed by atoms with Crippen LogP contribution in [-0.2, 0) is 9.84 Å². The molecule has 0 aliphatic carbocycles. The average molecular weight is 393 g/mol. The van der Waals surface area contributed by atoms with E-state index in [9.17, 15) is 22.0 Å². The van der Waals surface area contributed by atoms with Crippen LogP contribution < -0.4 is 5.32 Å². The molecule has 0 aliphatic heterocycles. The van der Waals surface area contributed by atoms with Gasteiger partial charge < -0.3 is 4.42 Å². The van der Waals surface area contributed by atoms with Crippen LogP contribution in [0.1, 0.15) is 17.3 Å². The number of carbonyl (C=O) groups is 1. The highest BCUT2D eigenvalue weighted by atomic mass is 32.2. The molecule has 0 atom stereocenters. The van der Waals surface area contributed by atoms with Gasteiger partial charge in [0.15, 0.2) is 9.84 Å². The van der Waals surface area contributed by atoms with Crippen molar-refractivity contribution in [2.45, 2.75) is 11.8 Å². The molecule has 0 spiro atoms. The zero-order chi connectivity index (χ0) is 19.6. The highest BCUT2D eigenvalue weighted by molar-refractivity contribution is 7.91. The number of hydrogen-bond acceptors (Lipinski definition) is 6. The molecule has 3 rings (SSSR count). The van der Waals surface area contributed by atoms with Gasteiger partial charge in [-0.1, -0.05) is 18.1 Å². The molecular formula is C17H13F2N3O4S. The lowest BCUT2D eigenvalue weighted by atomic mass is 10.2. The summed E-state index contributed by atoms with van der Waals surface area (Å²) >= 11 is 0. The van der Waals surface area contributed by atoms with E-state index >= 15 is 0 Å². The Kier molecular flexibility index (Phi) is 5.00. The second kappa shape index (κ2) is 7.23. The third-order valence-corrected chi connectivity index (χ3v) is 5.37. The maximum Gasteiger partial charge on any atom is 0.322 e. The monoisotopic (exact) mass is 393 g/mol. The van der Waals surface area contributed by atoms with Crippen LogP contribution in [0.3, 0.4) is 0 Å². The number of nitrogens with zero attached hydrogens (tertiary/aromatic N) is 2. The Morgan fingerprint density at radius 2 is 1.93 bits per heavy atom. The number of carbonyl (C=O) groups excluding carboxylic acids is 1. The van der Waals surface area contributed by atoms with Gasteiger partial charge in [-0.05, 0) is 30.3 Å². The Morgan fingerprint density at radius 1 is 1.15 bits per heavy atom.